The topological polar surface area (TPSA) is 0 Å². The minimum Gasteiger partial charge on any atom is -0.162 e. The molecule has 1 heteroatoms. The Morgan fingerprint density at radius 1 is 0.824 bits per heavy atom. The molecule has 0 rings (SSSR count). The van der Waals surface area contributed by atoms with Crippen molar-refractivity contribution in [3.8, 4) is 0 Å². The van der Waals surface area contributed by atoms with Gasteiger partial charge in [0.25, 0.3) is 0 Å². The third-order valence-corrected chi connectivity index (χ3v) is 4.46. The SMILES string of the molecule is CCCCCCCCCCC(CCC)SC.[2H]C. The Balaban J connectivity index is 0. The summed E-state index contributed by atoms with van der Waals surface area (Å²) in [6, 6.07) is 0. The Hall–Kier alpha value is 0.350. The van der Waals surface area contributed by atoms with E-state index in [1.54, 1.807) is 0 Å². The fraction of sp³-hybridized carbons (Fsp3) is 1.00. The van der Waals surface area contributed by atoms with Crippen LogP contribution in [0.3, 0.4) is 0 Å². The maximum absolute atomic E-state index is 5.75. The molecule has 0 fully saturated rings. The van der Waals surface area contributed by atoms with Gasteiger partial charge in [-0.1, -0.05) is 79.0 Å². The van der Waals surface area contributed by atoms with Gasteiger partial charge in [-0.15, -0.1) is 0 Å². The number of unbranched alkanes of at least 4 members (excludes halogenated alkanes) is 7. The van der Waals surface area contributed by atoms with Gasteiger partial charge in [0.15, 0.2) is 0 Å². The van der Waals surface area contributed by atoms with E-state index < -0.39 is 0 Å². The van der Waals surface area contributed by atoms with Gasteiger partial charge in [-0.25, -0.2) is 0 Å². The molecule has 106 valence electrons. The first-order valence-electron chi connectivity index (χ1n) is 8.37. The second-order valence-corrected chi connectivity index (χ2v) is 6.05. The van der Waals surface area contributed by atoms with Gasteiger partial charge in [0.2, 0.25) is 0 Å². The summed E-state index contributed by atoms with van der Waals surface area (Å²) in [7, 11) is 1.25. The van der Waals surface area contributed by atoms with Crippen LogP contribution in [0.4, 0.5) is 0 Å². The van der Waals surface area contributed by atoms with Gasteiger partial charge in [-0.05, 0) is 19.1 Å². The largest absolute Gasteiger partial charge is 0.162 e. The number of hydrogen-bond acceptors (Lipinski definition) is 1. The van der Waals surface area contributed by atoms with Crippen molar-refractivity contribution < 1.29 is 1.37 Å². The smallest absolute Gasteiger partial charge is 0.0194 e. The molecule has 0 aliphatic rings. The van der Waals surface area contributed by atoms with E-state index in [4.69, 9.17) is 1.37 Å². The van der Waals surface area contributed by atoms with Crippen LogP contribution in [0.15, 0.2) is 0 Å². The highest BCUT2D eigenvalue weighted by Crippen LogP contribution is 2.20. The average Bonchev–Trinajstić information content (AvgIpc) is 2.42. The molecule has 0 N–H and O–H groups in total. The summed E-state index contributed by atoms with van der Waals surface area (Å²) in [6.45, 7) is 4.59. The third-order valence-electron chi connectivity index (χ3n) is 3.32. The van der Waals surface area contributed by atoms with Gasteiger partial charge in [-0.2, -0.15) is 11.8 Å². The molecule has 0 aromatic heterocycles. The molecular formula is C16H36S. The Morgan fingerprint density at radius 3 is 1.82 bits per heavy atom. The maximum Gasteiger partial charge on any atom is 0.0194 e. The third kappa shape index (κ3) is 14.3. The molecule has 0 amide bonds. The summed E-state index contributed by atoms with van der Waals surface area (Å²) in [4.78, 5) is 0. The Morgan fingerprint density at radius 2 is 1.35 bits per heavy atom. The highest BCUT2D eigenvalue weighted by Gasteiger charge is 2.04. The Kier molecular flexibility index (Phi) is 16.7. The molecule has 1 unspecified atom stereocenters. The van der Waals surface area contributed by atoms with E-state index >= 15 is 0 Å². The van der Waals surface area contributed by atoms with Crippen LogP contribution in [0, 0.1) is 0 Å². The second-order valence-electron chi connectivity index (χ2n) is 4.91. The van der Waals surface area contributed by atoms with Crippen LogP contribution in [0.2, 0.25) is 0 Å². The lowest BCUT2D eigenvalue weighted by Crippen LogP contribution is -2.00. The summed E-state index contributed by atoms with van der Waals surface area (Å²) >= 11 is 2.07. The minimum absolute atomic E-state index is 0.935. The number of hydrogen-bond donors (Lipinski definition) is 0. The van der Waals surface area contributed by atoms with E-state index in [1.807, 2.05) is 0 Å². The zero-order chi connectivity index (χ0) is 14.1. The van der Waals surface area contributed by atoms with Crippen molar-refractivity contribution in [1.82, 2.24) is 0 Å². The number of thioether (sulfide) groups is 1. The average molecular weight is 262 g/mol. The molecule has 0 aromatic carbocycles. The first-order chi connectivity index (χ1) is 8.85. The standard InChI is InChI=1S/C15H32S.CH4/c1-4-6-7-8-9-10-11-12-14-15(16-3)13-5-2;/h15H,4-14H2,1-3H3;1H4/i;1D. The predicted octanol–water partition coefficient (Wildman–Crippen LogP) is 6.69. The van der Waals surface area contributed by atoms with Gasteiger partial charge < -0.3 is 0 Å². The molecular weight excluding hydrogens is 224 g/mol. The van der Waals surface area contributed by atoms with Gasteiger partial charge in [-0.3, -0.25) is 0 Å². The summed E-state index contributed by atoms with van der Waals surface area (Å²) in [5.41, 5.74) is 0. The lowest BCUT2D eigenvalue weighted by molar-refractivity contribution is 0.553. The van der Waals surface area contributed by atoms with Crippen LogP contribution in [0.25, 0.3) is 0 Å². The van der Waals surface area contributed by atoms with Gasteiger partial charge in [0.1, 0.15) is 0 Å². The molecule has 0 saturated carbocycles. The van der Waals surface area contributed by atoms with Crippen molar-refractivity contribution in [3.05, 3.63) is 0 Å². The second kappa shape index (κ2) is 16.4. The molecule has 0 aliphatic carbocycles. The van der Waals surface area contributed by atoms with Crippen LogP contribution in [-0.2, 0) is 0 Å². The first kappa shape index (κ1) is 17.4. The fourth-order valence-electron chi connectivity index (χ4n) is 2.21. The Bertz CT molecular complexity index is 128. The normalized spacial score (nSPS) is 12.6. The summed E-state index contributed by atoms with van der Waals surface area (Å²) < 4.78 is 5.75. The number of rotatable bonds is 12. The van der Waals surface area contributed by atoms with E-state index in [1.165, 1.54) is 78.0 Å². The van der Waals surface area contributed by atoms with E-state index in [0.717, 1.165) is 5.25 Å². The van der Waals surface area contributed by atoms with Crippen molar-refractivity contribution in [3.63, 3.8) is 0 Å². The van der Waals surface area contributed by atoms with Gasteiger partial charge in [0, 0.05) is 6.62 Å². The van der Waals surface area contributed by atoms with Crippen molar-refractivity contribution >= 4 is 11.8 Å². The summed E-state index contributed by atoms with van der Waals surface area (Å²) in [6.07, 6.45) is 18.1. The molecule has 0 aliphatic heterocycles. The molecule has 17 heavy (non-hydrogen) atoms. The predicted molar refractivity (Wildman–Crippen MR) is 86.2 cm³/mol. The van der Waals surface area contributed by atoms with E-state index in [2.05, 4.69) is 31.9 Å². The molecule has 0 radical (unpaired) electrons. The maximum atomic E-state index is 5.75. The van der Waals surface area contributed by atoms with Crippen molar-refractivity contribution in [1.29, 1.82) is 0 Å². The molecule has 0 saturated heterocycles. The summed E-state index contributed by atoms with van der Waals surface area (Å²) in [5, 5.41) is 0.935. The quantitative estimate of drug-likeness (QED) is 0.353. The highest BCUT2D eigenvalue weighted by molar-refractivity contribution is 7.99. The zero-order valence-corrected chi connectivity index (χ0v) is 13.6. The lowest BCUT2D eigenvalue weighted by atomic mass is 10.1. The van der Waals surface area contributed by atoms with E-state index in [0.29, 0.717) is 0 Å². The molecule has 0 spiro atoms. The van der Waals surface area contributed by atoms with E-state index in [-0.39, 0.29) is 0 Å². The molecule has 1 atom stereocenters. The fourth-order valence-corrected chi connectivity index (χ4v) is 3.08. The van der Waals surface area contributed by atoms with Crippen molar-refractivity contribution in [2.75, 3.05) is 6.26 Å². The molecule has 0 nitrogen and oxygen atoms in total. The molecule has 0 heterocycles. The van der Waals surface area contributed by atoms with Crippen LogP contribution in [0.5, 0.6) is 0 Å². The molecule has 0 aromatic rings. The van der Waals surface area contributed by atoms with Crippen molar-refractivity contribution in [2.24, 2.45) is 0 Å². The highest BCUT2D eigenvalue weighted by atomic mass is 32.2. The summed E-state index contributed by atoms with van der Waals surface area (Å²) in [5.74, 6) is 0. The van der Waals surface area contributed by atoms with Gasteiger partial charge in [0.05, 0.1) is 0 Å². The molecule has 0 bridgehead atoms. The minimum atomic E-state index is 0.935. The zero-order valence-electron chi connectivity index (χ0n) is 13.8. The Labute approximate surface area is 117 Å². The monoisotopic (exact) mass is 261 g/mol. The van der Waals surface area contributed by atoms with Gasteiger partial charge >= 0.3 is 0 Å². The van der Waals surface area contributed by atoms with Crippen LogP contribution in [-0.4, -0.2) is 11.5 Å². The van der Waals surface area contributed by atoms with Crippen LogP contribution < -0.4 is 0 Å². The van der Waals surface area contributed by atoms with Crippen LogP contribution in [0.1, 0.15) is 93.2 Å². The van der Waals surface area contributed by atoms with E-state index in [9.17, 15) is 0 Å². The first-order valence-corrected chi connectivity index (χ1v) is 8.66. The lowest BCUT2D eigenvalue weighted by Gasteiger charge is -2.12. The van der Waals surface area contributed by atoms with Crippen LogP contribution >= 0.6 is 11.8 Å². The van der Waals surface area contributed by atoms with Crippen molar-refractivity contribution in [2.45, 2.75) is 97.1 Å².